The van der Waals surface area contributed by atoms with Gasteiger partial charge in [-0.2, -0.15) is 0 Å². The largest absolute Gasteiger partial charge is 0.481 e. The van der Waals surface area contributed by atoms with Gasteiger partial charge in [-0.3, -0.25) is 4.90 Å². The summed E-state index contributed by atoms with van der Waals surface area (Å²) < 4.78 is 4.76. The van der Waals surface area contributed by atoms with Crippen LogP contribution in [0.1, 0.15) is 6.92 Å². The van der Waals surface area contributed by atoms with Gasteiger partial charge in [0.2, 0.25) is 0 Å². The number of rotatable bonds is 5. The third-order valence-electron chi connectivity index (χ3n) is 0.687. The van der Waals surface area contributed by atoms with E-state index in [4.69, 9.17) is 9.84 Å². The van der Waals surface area contributed by atoms with E-state index < -0.39 is 0 Å². The molecule has 0 heterocycles. The van der Waals surface area contributed by atoms with E-state index in [1.807, 2.05) is 21.0 Å². The fraction of sp³-hybridized carbons (Fsp3) is 0.571. The standard InChI is InChI=1S/C7H13NO2S/c1-4-10-7(9)5-11-6-8(2)3/h5,9H,4H2,1-3H3/b7-5+. The summed E-state index contributed by atoms with van der Waals surface area (Å²) >= 11 is 1.25. The van der Waals surface area contributed by atoms with Gasteiger partial charge in [-0.1, -0.05) is 11.8 Å². The normalized spacial score (nSPS) is 12.2. The summed E-state index contributed by atoms with van der Waals surface area (Å²) in [5.74, 6) is 2.81. The summed E-state index contributed by atoms with van der Waals surface area (Å²) in [7, 11) is 3.72. The van der Waals surface area contributed by atoms with E-state index in [2.05, 4.69) is 5.88 Å². The fourth-order valence-electron chi connectivity index (χ4n) is 0.364. The van der Waals surface area contributed by atoms with Crippen LogP contribution in [-0.2, 0) is 4.74 Å². The quantitative estimate of drug-likeness (QED) is 0.509. The Morgan fingerprint density at radius 1 is 1.73 bits per heavy atom. The summed E-state index contributed by atoms with van der Waals surface area (Å²) in [4.78, 5) is 1.76. The lowest BCUT2D eigenvalue weighted by atomic mass is 10.8. The van der Waals surface area contributed by atoms with Crippen molar-refractivity contribution < 1.29 is 9.84 Å². The zero-order chi connectivity index (χ0) is 8.69. The second kappa shape index (κ2) is 6.37. The Morgan fingerprint density at radius 2 is 2.36 bits per heavy atom. The number of hydrogen-bond donors (Lipinski definition) is 1. The number of nitrogens with zero attached hydrogens (tertiary/aromatic N) is 1. The van der Waals surface area contributed by atoms with E-state index >= 15 is 0 Å². The highest BCUT2D eigenvalue weighted by atomic mass is 32.2. The molecule has 0 spiro atoms. The number of thioether (sulfide) groups is 1. The third kappa shape index (κ3) is 7.55. The molecule has 2 radical (unpaired) electrons. The zero-order valence-corrected chi connectivity index (χ0v) is 7.81. The van der Waals surface area contributed by atoms with Crippen LogP contribution in [0, 0.1) is 5.88 Å². The molecule has 0 aromatic heterocycles. The van der Waals surface area contributed by atoms with Crippen molar-refractivity contribution in [1.29, 1.82) is 0 Å². The van der Waals surface area contributed by atoms with Crippen LogP contribution >= 0.6 is 11.8 Å². The SMILES string of the molecule is CCO/C(O)=C/S[C]N(C)C. The Bertz CT molecular complexity index is 126. The first-order valence-corrected chi connectivity index (χ1v) is 4.15. The van der Waals surface area contributed by atoms with Crippen LogP contribution in [0.15, 0.2) is 11.4 Å². The molecule has 0 bridgehead atoms. The molecule has 11 heavy (non-hydrogen) atoms. The monoisotopic (exact) mass is 175 g/mol. The molecule has 0 unspecified atom stereocenters. The summed E-state index contributed by atoms with van der Waals surface area (Å²) in [5.41, 5.74) is 0. The summed E-state index contributed by atoms with van der Waals surface area (Å²) in [6.45, 7) is 2.29. The van der Waals surface area contributed by atoms with Crippen LogP contribution in [-0.4, -0.2) is 30.7 Å². The van der Waals surface area contributed by atoms with Gasteiger partial charge in [-0.05, 0) is 21.0 Å². The second-order valence-electron chi connectivity index (χ2n) is 1.99. The minimum Gasteiger partial charge on any atom is -0.481 e. The van der Waals surface area contributed by atoms with Crippen molar-refractivity contribution in [2.45, 2.75) is 6.92 Å². The van der Waals surface area contributed by atoms with Crippen LogP contribution in [0.4, 0.5) is 0 Å². The van der Waals surface area contributed by atoms with Gasteiger partial charge < -0.3 is 9.84 Å². The lowest BCUT2D eigenvalue weighted by molar-refractivity contribution is 0.104. The Morgan fingerprint density at radius 3 is 2.82 bits per heavy atom. The van der Waals surface area contributed by atoms with Gasteiger partial charge in [0, 0.05) is 0 Å². The summed E-state index contributed by atoms with van der Waals surface area (Å²) in [5, 5.41) is 10.4. The molecular formula is C7H13NO2S. The maximum Gasteiger partial charge on any atom is 0.283 e. The van der Waals surface area contributed by atoms with Crippen LogP contribution in [0.3, 0.4) is 0 Å². The molecule has 0 aliphatic heterocycles. The molecule has 0 fully saturated rings. The van der Waals surface area contributed by atoms with Crippen LogP contribution < -0.4 is 0 Å². The van der Waals surface area contributed by atoms with Gasteiger partial charge >= 0.3 is 0 Å². The van der Waals surface area contributed by atoms with E-state index in [-0.39, 0.29) is 5.95 Å². The van der Waals surface area contributed by atoms with Crippen molar-refractivity contribution in [3.8, 4) is 0 Å². The van der Waals surface area contributed by atoms with Gasteiger partial charge in [-0.25, -0.2) is 0 Å². The topological polar surface area (TPSA) is 32.7 Å². The van der Waals surface area contributed by atoms with Crippen LogP contribution in [0.25, 0.3) is 0 Å². The lowest BCUT2D eigenvalue weighted by Crippen LogP contribution is -2.03. The second-order valence-corrected chi connectivity index (χ2v) is 2.65. The van der Waals surface area contributed by atoms with Crippen molar-refractivity contribution in [3.05, 3.63) is 17.2 Å². The van der Waals surface area contributed by atoms with Gasteiger partial charge in [0.25, 0.3) is 5.95 Å². The average molecular weight is 175 g/mol. The van der Waals surface area contributed by atoms with Crippen LogP contribution in [0.2, 0.25) is 0 Å². The number of aliphatic hydroxyl groups excluding tert-OH is 1. The predicted molar refractivity (Wildman–Crippen MR) is 46.9 cm³/mol. The minimum atomic E-state index is -0.0631. The first kappa shape index (κ1) is 10.7. The molecule has 0 aliphatic rings. The molecule has 64 valence electrons. The lowest BCUT2D eigenvalue weighted by Gasteiger charge is -2.04. The molecule has 0 atom stereocenters. The highest BCUT2D eigenvalue weighted by molar-refractivity contribution is 8.03. The fourth-order valence-corrected chi connectivity index (χ4v) is 0.796. The molecule has 0 rings (SSSR count). The van der Waals surface area contributed by atoms with Gasteiger partial charge in [-0.15, -0.1) is 0 Å². The highest BCUT2D eigenvalue weighted by Crippen LogP contribution is 2.10. The molecule has 3 nitrogen and oxygen atoms in total. The van der Waals surface area contributed by atoms with Crippen molar-refractivity contribution >= 4 is 11.8 Å². The first-order valence-electron chi connectivity index (χ1n) is 3.27. The van der Waals surface area contributed by atoms with Crippen molar-refractivity contribution in [2.75, 3.05) is 20.7 Å². The van der Waals surface area contributed by atoms with Gasteiger partial charge in [0.05, 0.1) is 12.0 Å². The van der Waals surface area contributed by atoms with E-state index in [0.717, 1.165) is 0 Å². The molecule has 4 heteroatoms. The van der Waals surface area contributed by atoms with E-state index in [1.54, 1.807) is 4.90 Å². The summed E-state index contributed by atoms with van der Waals surface area (Å²) in [6, 6.07) is 0. The summed E-state index contributed by atoms with van der Waals surface area (Å²) in [6.07, 6.45) is 0. The zero-order valence-electron chi connectivity index (χ0n) is 7.00. The van der Waals surface area contributed by atoms with Crippen molar-refractivity contribution in [3.63, 3.8) is 0 Å². The van der Waals surface area contributed by atoms with E-state index in [1.165, 1.54) is 17.2 Å². The molecule has 0 saturated heterocycles. The Labute approximate surface area is 72.0 Å². The Hall–Kier alpha value is -0.350. The molecule has 0 amide bonds. The molecule has 0 aromatic carbocycles. The predicted octanol–water partition coefficient (Wildman–Crippen LogP) is 1.67. The average Bonchev–Trinajstić information content (AvgIpc) is 1.87. The van der Waals surface area contributed by atoms with Crippen molar-refractivity contribution in [2.24, 2.45) is 0 Å². The van der Waals surface area contributed by atoms with Crippen LogP contribution in [0.5, 0.6) is 0 Å². The van der Waals surface area contributed by atoms with E-state index in [9.17, 15) is 0 Å². The Kier molecular flexibility index (Phi) is 6.16. The maximum atomic E-state index is 8.92. The molecule has 1 N–H and O–H groups in total. The molecule has 0 aromatic rings. The molecule has 0 aliphatic carbocycles. The Balaban J connectivity index is 3.39. The first-order chi connectivity index (χ1) is 5.16. The number of ether oxygens (including phenoxy) is 1. The number of aliphatic hydroxyl groups is 1. The van der Waals surface area contributed by atoms with E-state index in [0.29, 0.717) is 6.61 Å². The smallest absolute Gasteiger partial charge is 0.283 e. The van der Waals surface area contributed by atoms with Gasteiger partial charge in [0.15, 0.2) is 0 Å². The van der Waals surface area contributed by atoms with Gasteiger partial charge in [0.1, 0.15) is 5.88 Å². The third-order valence-corrected chi connectivity index (χ3v) is 1.48. The van der Waals surface area contributed by atoms with Crippen molar-refractivity contribution in [1.82, 2.24) is 4.90 Å². The molecular weight excluding hydrogens is 162 g/mol. The highest BCUT2D eigenvalue weighted by Gasteiger charge is 1.93. The maximum absolute atomic E-state index is 8.92. The minimum absolute atomic E-state index is 0.0631. The number of hydrogen-bond acceptors (Lipinski definition) is 4. The molecule has 0 saturated carbocycles.